The van der Waals surface area contributed by atoms with Crippen molar-refractivity contribution in [3.63, 3.8) is 0 Å². The van der Waals surface area contributed by atoms with Crippen LogP contribution in [0.5, 0.6) is 0 Å². The van der Waals surface area contributed by atoms with E-state index < -0.39 is 22.8 Å². The third kappa shape index (κ3) is 6.20. The van der Waals surface area contributed by atoms with Gasteiger partial charge in [0.2, 0.25) is 10.0 Å². The SMILES string of the molecule is N[SH+](=O)c1ccc(Cc2c(-c3cccc(-c4ccc(Cl)cc4)c3)nn(-c3nc(C(=O)O)cs3)c2CC2CC2)cc1F.[OH-]. The largest absolute Gasteiger partial charge is 0.870 e. The maximum Gasteiger partial charge on any atom is 0.355 e. The molecule has 42 heavy (non-hydrogen) atoms. The Bertz CT molecular complexity index is 1800. The second-order valence-electron chi connectivity index (χ2n) is 10.0. The van der Waals surface area contributed by atoms with Gasteiger partial charge in [-0.25, -0.2) is 18.9 Å². The third-order valence-electron chi connectivity index (χ3n) is 7.11. The van der Waals surface area contributed by atoms with Crippen LogP contribution in [0, 0.1) is 11.7 Å². The minimum Gasteiger partial charge on any atom is -0.870 e. The van der Waals surface area contributed by atoms with Crippen molar-refractivity contribution in [3.05, 3.63) is 105 Å². The summed E-state index contributed by atoms with van der Waals surface area (Å²) in [7, 11) is -2.30. The molecule has 6 rings (SSSR count). The van der Waals surface area contributed by atoms with Crippen LogP contribution in [0.25, 0.3) is 27.5 Å². The van der Waals surface area contributed by atoms with E-state index in [9.17, 15) is 18.5 Å². The number of carboxylic acids is 1. The Balaban J connectivity index is 0.00000353. The number of aromatic nitrogens is 3. The Morgan fingerprint density at radius 2 is 1.83 bits per heavy atom. The standard InChI is InChI=1S/C30H24ClFN4O3S2.H2O/c31-22-9-7-19(8-10-22)20-2-1-3-21(15-20)28-23(12-18-6-11-27(41(33)39)24(32)13-18)26(14-17-4-5-17)36(35-28)30-34-25(16-40-30)29(37)38;/h1-3,6-11,13,15-17H,4-5,12,14H2,(H2,33,39)(H,37,38);1H2. The van der Waals surface area contributed by atoms with Crippen molar-refractivity contribution < 1.29 is 24.0 Å². The number of carbonyl (C=O) groups is 1. The number of hydrogen-bond acceptors (Lipinski definition) is 6. The normalized spacial score (nSPS) is 13.5. The van der Waals surface area contributed by atoms with E-state index in [1.54, 1.807) is 10.7 Å². The highest BCUT2D eigenvalue weighted by Gasteiger charge is 2.29. The minimum absolute atomic E-state index is 0. The molecule has 8 nitrogen and oxygen atoms in total. The molecule has 216 valence electrons. The highest BCUT2D eigenvalue weighted by atomic mass is 35.5. The average Bonchev–Trinajstić information content (AvgIpc) is 3.51. The number of rotatable bonds is 9. The number of aromatic carboxylic acids is 1. The van der Waals surface area contributed by atoms with Crippen molar-refractivity contribution in [1.29, 1.82) is 0 Å². The van der Waals surface area contributed by atoms with Crippen LogP contribution in [0.3, 0.4) is 0 Å². The van der Waals surface area contributed by atoms with Crippen LogP contribution < -0.4 is 5.14 Å². The highest BCUT2D eigenvalue weighted by molar-refractivity contribution is 7.82. The molecule has 1 atom stereocenters. The fraction of sp³-hybridized carbons (Fsp3) is 0.167. The number of thiazole rings is 1. The van der Waals surface area contributed by atoms with E-state index in [0.717, 1.165) is 47.2 Å². The number of thiol groups is 1. The molecule has 0 saturated heterocycles. The molecule has 0 radical (unpaired) electrons. The third-order valence-corrected chi connectivity index (χ3v) is 9.01. The van der Waals surface area contributed by atoms with E-state index in [1.165, 1.54) is 28.8 Å². The van der Waals surface area contributed by atoms with E-state index >= 15 is 0 Å². The van der Waals surface area contributed by atoms with E-state index in [4.69, 9.17) is 21.8 Å². The summed E-state index contributed by atoms with van der Waals surface area (Å²) in [5.41, 5.74) is 6.00. The summed E-state index contributed by atoms with van der Waals surface area (Å²) in [5, 5.41) is 22.6. The second kappa shape index (κ2) is 12.2. The molecule has 4 N–H and O–H groups in total. The molecule has 2 heterocycles. The lowest BCUT2D eigenvalue weighted by atomic mass is 9.95. The summed E-state index contributed by atoms with van der Waals surface area (Å²) < 4.78 is 28.3. The average molecular weight is 625 g/mol. The zero-order chi connectivity index (χ0) is 28.7. The molecule has 3 aromatic carbocycles. The maximum absolute atomic E-state index is 14.8. The predicted molar refractivity (Wildman–Crippen MR) is 162 cm³/mol. The number of nitrogens with two attached hydrogens (primary N) is 1. The van der Waals surface area contributed by atoms with E-state index in [0.29, 0.717) is 33.8 Å². The highest BCUT2D eigenvalue weighted by Crippen LogP contribution is 2.39. The van der Waals surface area contributed by atoms with Crippen molar-refractivity contribution in [1.82, 2.24) is 14.8 Å². The van der Waals surface area contributed by atoms with E-state index in [-0.39, 0.29) is 16.1 Å². The quantitative estimate of drug-likeness (QED) is 0.143. The molecule has 1 saturated carbocycles. The zero-order valence-electron chi connectivity index (χ0n) is 22.1. The van der Waals surface area contributed by atoms with Crippen LogP contribution in [0.2, 0.25) is 5.02 Å². The van der Waals surface area contributed by atoms with Gasteiger partial charge >= 0.3 is 5.97 Å². The van der Waals surface area contributed by atoms with Crippen LogP contribution in [-0.4, -0.2) is 31.3 Å². The predicted octanol–water partition coefficient (Wildman–Crippen LogP) is 6.45. The lowest BCUT2D eigenvalue weighted by molar-refractivity contribution is 0.0691. The number of halogens is 2. The van der Waals surface area contributed by atoms with Crippen molar-refractivity contribution in [2.24, 2.45) is 11.1 Å². The van der Waals surface area contributed by atoms with Gasteiger partial charge in [0.1, 0.15) is 0 Å². The first kappa shape index (κ1) is 29.7. The Morgan fingerprint density at radius 3 is 2.48 bits per heavy atom. The topological polar surface area (TPSA) is 141 Å². The summed E-state index contributed by atoms with van der Waals surface area (Å²) in [6.07, 6.45) is 3.28. The molecule has 1 aliphatic carbocycles. The van der Waals surface area contributed by atoms with Crippen molar-refractivity contribution >= 4 is 39.9 Å². The molecule has 1 aliphatic rings. The number of benzene rings is 3. The molecule has 12 heteroatoms. The molecule has 5 aromatic rings. The Kier molecular flexibility index (Phi) is 8.67. The van der Waals surface area contributed by atoms with Crippen molar-refractivity contribution in [2.45, 2.75) is 30.6 Å². The first-order valence-electron chi connectivity index (χ1n) is 12.9. The van der Waals surface area contributed by atoms with Gasteiger partial charge in [-0.3, -0.25) is 0 Å². The number of carboxylic acid groups (broad SMARTS) is 1. The van der Waals surface area contributed by atoms with Gasteiger partial charge in [0.05, 0.1) is 11.4 Å². The molecular formula is C30H26ClFN4O4S2. The monoisotopic (exact) mass is 624 g/mol. The van der Waals surface area contributed by atoms with Crippen LogP contribution in [0.4, 0.5) is 4.39 Å². The molecule has 0 aliphatic heterocycles. The Labute approximate surface area is 252 Å². The van der Waals surface area contributed by atoms with Gasteiger partial charge in [0.15, 0.2) is 22.5 Å². The minimum atomic E-state index is -2.30. The molecule has 2 aromatic heterocycles. The van der Waals surface area contributed by atoms with Gasteiger partial charge in [-0.1, -0.05) is 52.2 Å². The van der Waals surface area contributed by atoms with E-state index in [1.807, 2.05) is 48.5 Å². The van der Waals surface area contributed by atoms with Gasteiger partial charge in [0, 0.05) is 28.0 Å². The summed E-state index contributed by atoms with van der Waals surface area (Å²) in [5.74, 6) is -1.23. The number of nitrogens with zero attached hydrogens (tertiary/aromatic N) is 3. The van der Waals surface area contributed by atoms with Crippen molar-refractivity contribution in [2.75, 3.05) is 0 Å². The van der Waals surface area contributed by atoms with Gasteiger partial charge in [-0.05, 0) is 72.2 Å². The summed E-state index contributed by atoms with van der Waals surface area (Å²) in [6.45, 7) is 0. The van der Waals surface area contributed by atoms with Crippen LogP contribution >= 0.6 is 22.9 Å². The van der Waals surface area contributed by atoms with Gasteiger partial charge in [-0.2, -0.15) is 5.10 Å². The molecule has 1 unspecified atom stereocenters. The van der Waals surface area contributed by atoms with Gasteiger partial charge in [-0.15, -0.1) is 16.5 Å². The zero-order valence-corrected chi connectivity index (χ0v) is 24.5. The molecule has 0 amide bonds. The Hall–Kier alpha value is -3.74. The molecule has 1 fully saturated rings. The van der Waals surface area contributed by atoms with Gasteiger partial charge in [0.25, 0.3) is 0 Å². The maximum atomic E-state index is 14.8. The Morgan fingerprint density at radius 1 is 1.10 bits per heavy atom. The fourth-order valence-corrected chi connectivity index (χ4v) is 6.25. The van der Waals surface area contributed by atoms with E-state index in [2.05, 4.69) is 4.98 Å². The van der Waals surface area contributed by atoms with Crippen molar-refractivity contribution in [3.8, 4) is 27.5 Å². The summed E-state index contributed by atoms with van der Waals surface area (Å²) >= 11 is 7.32. The first-order valence-corrected chi connectivity index (χ1v) is 15.5. The lowest BCUT2D eigenvalue weighted by Gasteiger charge is -2.10. The second-order valence-corrected chi connectivity index (χ2v) is 12.4. The van der Waals surface area contributed by atoms with Gasteiger partial charge < -0.3 is 10.6 Å². The molecule has 0 bridgehead atoms. The fourth-order valence-electron chi connectivity index (χ4n) is 4.86. The van der Waals surface area contributed by atoms with Crippen LogP contribution in [0.15, 0.2) is 77.0 Å². The summed E-state index contributed by atoms with van der Waals surface area (Å²) in [4.78, 5) is 15.9. The summed E-state index contributed by atoms with van der Waals surface area (Å²) in [6, 6.07) is 20.2. The van der Waals surface area contributed by atoms with Crippen LogP contribution in [0.1, 0.15) is 40.2 Å². The first-order chi connectivity index (χ1) is 19.8. The number of hydrogen-bond donors (Lipinski definition) is 2. The molecule has 0 spiro atoms. The lowest BCUT2D eigenvalue weighted by Crippen LogP contribution is -2.07. The smallest absolute Gasteiger partial charge is 0.355 e. The van der Waals surface area contributed by atoms with Crippen LogP contribution in [-0.2, 0) is 28.0 Å². The molecular weight excluding hydrogens is 599 g/mol.